The molecular formula is C23H28ClFN2O2S. The number of carbonyl (C=O) groups excluding carboxylic acids is 2. The predicted molar refractivity (Wildman–Crippen MR) is 122 cm³/mol. The van der Waals surface area contributed by atoms with Crippen LogP contribution in [0.3, 0.4) is 0 Å². The topological polar surface area (TPSA) is 49.4 Å². The van der Waals surface area contributed by atoms with Gasteiger partial charge in [0.2, 0.25) is 11.8 Å². The second-order valence-corrected chi connectivity index (χ2v) is 8.31. The number of rotatable bonds is 11. The van der Waals surface area contributed by atoms with Crippen LogP contribution in [0.5, 0.6) is 0 Å². The number of carbonyl (C=O) groups is 2. The standard InChI is InChI=1S/C23H28ClFN2O2S/c1-3-13-26-23(29)21(4-2)27(14-17-9-5-7-11-19(17)24)22(28)16-30-15-18-10-6-8-12-20(18)25/h5-12,21H,3-4,13-16H2,1-2H3,(H,26,29). The van der Waals surface area contributed by atoms with Crippen molar-refractivity contribution in [3.05, 3.63) is 70.5 Å². The summed E-state index contributed by atoms with van der Waals surface area (Å²) in [6.07, 6.45) is 1.31. The Balaban J connectivity index is 2.14. The number of hydrogen-bond acceptors (Lipinski definition) is 3. The van der Waals surface area contributed by atoms with Gasteiger partial charge in [-0.1, -0.05) is 61.8 Å². The highest BCUT2D eigenvalue weighted by Crippen LogP contribution is 2.22. The molecule has 2 aromatic carbocycles. The average molecular weight is 451 g/mol. The minimum Gasteiger partial charge on any atom is -0.354 e. The Morgan fingerprint density at radius 1 is 1.10 bits per heavy atom. The Labute approximate surface area is 187 Å². The molecule has 0 radical (unpaired) electrons. The second-order valence-electron chi connectivity index (χ2n) is 6.91. The van der Waals surface area contributed by atoms with Gasteiger partial charge in [-0.05, 0) is 36.1 Å². The summed E-state index contributed by atoms with van der Waals surface area (Å²) < 4.78 is 13.8. The largest absolute Gasteiger partial charge is 0.354 e. The van der Waals surface area contributed by atoms with E-state index in [1.54, 1.807) is 29.2 Å². The molecule has 1 atom stereocenters. The first-order valence-electron chi connectivity index (χ1n) is 10.1. The highest BCUT2D eigenvalue weighted by Gasteiger charge is 2.28. The smallest absolute Gasteiger partial charge is 0.242 e. The molecular weight excluding hydrogens is 423 g/mol. The summed E-state index contributed by atoms with van der Waals surface area (Å²) in [6.45, 7) is 4.67. The molecule has 0 saturated heterocycles. The van der Waals surface area contributed by atoms with Crippen LogP contribution in [0.15, 0.2) is 48.5 Å². The van der Waals surface area contributed by atoms with E-state index in [-0.39, 0.29) is 29.9 Å². The third-order valence-electron chi connectivity index (χ3n) is 4.67. The third kappa shape index (κ3) is 7.03. The lowest BCUT2D eigenvalue weighted by Crippen LogP contribution is -2.49. The Morgan fingerprint density at radius 3 is 2.40 bits per heavy atom. The van der Waals surface area contributed by atoms with Gasteiger partial charge in [0.15, 0.2) is 0 Å². The molecule has 0 bridgehead atoms. The van der Waals surface area contributed by atoms with Gasteiger partial charge in [-0.2, -0.15) is 0 Å². The molecule has 0 spiro atoms. The molecule has 0 aliphatic carbocycles. The van der Waals surface area contributed by atoms with E-state index >= 15 is 0 Å². The maximum Gasteiger partial charge on any atom is 0.242 e. The molecule has 0 heterocycles. The number of hydrogen-bond donors (Lipinski definition) is 1. The fraction of sp³-hybridized carbons (Fsp3) is 0.391. The van der Waals surface area contributed by atoms with E-state index in [2.05, 4.69) is 5.32 Å². The van der Waals surface area contributed by atoms with Gasteiger partial charge in [-0.3, -0.25) is 9.59 Å². The van der Waals surface area contributed by atoms with E-state index in [0.717, 1.165) is 12.0 Å². The molecule has 0 saturated carbocycles. The summed E-state index contributed by atoms with van der Waals surface area (Å²) in [5.74, 6) is -0.0857. The molecule has 7 heteroatoms. The maximum absolute atomic E-state index is 13.8. The first-order valence-corrected chi connectivity index (χ1v) is 11.6. The quantitative estimate of drug-likeness (QED) is 0.521. The van der Waals surface area contributed by atoms with Gasteiger partial charge in [0.1, 0.15) is 11.9 Å². The van der Waals surface area contributed by atoms with Crippen molar-refractivity contribution in [1.82, 2.24) is 10.2 Å². The van der Waals surface area contributed by atoms with Crippen molar-refractivity contribution in [2.45, 2.75) is 45.0 Å². The van der Waals surface area contributed by atoms with Crippen LogP contribution in [-0.2, 0) is 21.9 Å². The van der Waals surface area contributed by atoms with Crippen LogP contribution in [0.25, 0.3) is 0 Å². The molecule has 4 nitrogen and oxygen atoms in total. The summed E-state index contributed by atoms with van der Waals surface area (Å²) in [5.41, 5.74) is 1.34. The Bertz CT molecular complexity index is 849. The van der Waals surface area contributed by atoms with E-state index in [9.17, 15) is 14.0 Å². The third-order valence-corrected chi connectivity index (χ3v) is 6.01. The highest BCUT2D eigenvalue weighted by atomic mass is 35.5. The van der Waals surface area contributed by atoms with E-state index in [0.29, 0.717) is 29.3 Å². The Kier molecular flexibility index (Phi) is 10.2. The van der Waals surface area contributed by atoms with Crippen LogP contribution in [-0.4, -0.2) is 35.1 Å². The van der Waals surface area contributed by atoms with Crippen LogP contribution in [0.4, 0.5) is 4.39 Å². The molecule has 1 unspecified atom stereocenters. The molecule has 0 fully saturated rings. The number of nitrogens with one attached hydrogen (secondary N) is 1. The number of thioether (sulfide) groups is 1. The minimum atomic E-state index is -0.589. The summed E-state index contributed by atoms with van der Waals surface area (Å²) in [4.78, 5) is 27.4. The van der Waals surface area contributed by atoms with Gasteiger partial charge in [0, 0.05) is 23.9 Å². The molecule has 1 N–H and O–H groups in total. The SMILES string of the molecule is CCCNC(=O)C(CC)N(Cc1ccccc1Cl)C(=O)CSCc1ccccc1F. The lowest BCUT2D eigenvalue weighted by molar-refractivity contribution is -0.139. The average Bonchev–Trinajstić information content (AvgIpc) is 2.74. The molecule has 2 rings (SSSR count). The summed E-state index contributed by atoms with van der Waals surface area (Å²) in [6, 6.07) is 13.2. The fourth-order valence-electron chi connectivity index (χ4n) is 3.04. The van der Waals surface area contributed by atoms with E-state index in [1.807, 2.05) is 32.0 Å². The molecule has 0 aromatic heterocycles. The van der Waals surface area contributed by atoms with E-state index in [1.165, 1.54) is 17.8 Å². The van der Waals surface area contributed by atoms with Gasteiger partial charge in [-0.25, -0.2) is 4.39 Å². The van der Waals surface area contributed by atoms with Crippen molar-refractivity contribution < 1.29 is 14.0 Å². The lowest BCUT2D eigenvalue weighted by Gasteiger charge is -2.31. The molecule has 0 aliphatic heterocycles. The van der Waals surface area contributed by atoms with Crippen LogP contribution in [0.2, 0.25) is 5.02 Å². The van der Waals surface area contributed by atoms with Gasteiger partial charge >= 0.3 is 0 Å². The predicted octanol–water partition coefficient (Wildman–Crippen LogP) is 5.05. The zero-order chi connectivity index (χ0) is 21.9. The van der Waals surface area contributed by atoms with Crippen molar-refractivity contribution >= 4 is 35.2 Å². The van der Waals surface area contributed by atoms with Gasteiger partial charge < -0.3 is 10.2 Å². The van der Waals surface area contributed by atoms with Crippen LogP contribution >= 0.6 is 23.4 Å². The number of nitrogens with zero attached hydrogens (tertiary/aromatic N) is 1. The Hall–Kier alpha value is -2.05. The van der Waals surface area contributed by atoms with Crippen molar-refractivity contribution in [3.63, 3.8) is 0 Å². The minimum absolute atomic E-state index is 0.149. The van der Waals surface area contributed by atoms with Gasteiger partial charge in [0.25, 0.3) is 0 Å². The summed E-state index contributed by atoms with van der Waals surface area (Å²) >= 11 is 7.63. The molecule has 30 heavy (non-hydrogen) atoms. The van der Waals surface area contributed by atoms with Crippen LogP contribution in [0, 0.1) is 5.82 Å². The summed E-state index contributed by atoms with van der Waals surface area (Å²) in [7, 11) is 0. The van der Waals surface area contributed by atoms with Gasteiger partial charge in [-0.15, -0.1) is 11.8 Å². The second kappa shape index (κ2) is 12.6. The molecule has 2 amide bonds. The highest BCUT2D eigenvalue weighted by molar-refractivity contribution is 7.99. The first kappa shape index (κ1) is 24.2. The van der Waals surface area contributed by atoms with Crippen LogP contribution in [0.1, 0.15) is 37.8 Å². The normalized spacial score (nSPS) is 11.7. The molecule has 162 valence electrons. The first-order chi connectivity index (χ1) is 14.5. The van der Waals surface area contributed by atoms with Crippen molar-refractivity contribution in [2.75, 3.05) is 12.3 Å². The maximum atomic E-state index is 13.8. The molecule has 2 aromatic rings. The Morgan fingerprint density at radius 2 is 1.77 bits per heavy atom. The van der Waals surface area contributed by atoms with E-state index < -0.39 is 6.04 Å². The lowest BCUT2D eigenvalue weighted by atomic mass is 10.1. The fourth-order valence-corrected chi connectivity index (χ4v) is 4.13. The van der Waals surface area contributed by atoms with Crippen molar-refractivity contribution in [2.24, 2.45) is 0 Å². The zero-order valence-corrected chi connectivity index (χ0v) is 18.9. The number of amides is 2. The monoisotopic (exact) mass is 450 g/mol. The molecule has 0 aliphatic rings. The van der Waals surface area contributed by atoms with Gasteiger partial charge in [0.05, 0.1) is 5.75 Å². The van der Waals surface area contributed by atoms with Crippen molar-refractivity contribution in [3.8, 4) is 0 Å². The summed E-state index contributed by atoms with van der Waals surface area (Å²) in [5, 5.41) is 3.44. The van der Waals surface area contributed by atoms with E-state index in [4.69, 9.17) is 11.6 Å². The van der Waals surface area contributed by atoms with Crippen LogP contribution < -0.4 is 5.32 Å². The zero-order valence-electron chi connectivity index (χ0n) is 17.4. The van der Waals surface area contributed by atoms with Crippen molar-refractivity contribution in [1.29, 1.82) is 0 Å². The number of halogens is 2. The number of benzene rings is 2.